The second-order valence-electron chi connectivity index (χ2n) is 5.33. The van der Waals surface area contributed by atoms with Crippen LogP contribution < -0.4 is 5.73 Å². The average molecular weight is 374 g/mol. The standard InChI is InChI=1S/C13H16BrN3O3S/c14-11-7-10(2-3-12(11)15)21(19,20)16-5-6-17-9(8-16)1-4-13(17)18/h2-3,7,9H,1,4-6,8,15H2. The molecule has 1 aromatic rings. The van der Waals surface area contributed by atoms with Crippen LogP contribution in [0.2, 0.25) is 0 Å². The molecule has 2 N–H and O–H groups in total. The lowest BCUT2D eigenvalue weighted by Crippen LogP contribution is -2.53. The minimum Gasteiger partial charge on any atom is -0.398 e. The Morgan fingerprint density at radius 1 is 1.29 bits per heavy atom. The summed E-state index contributed by atoms with van der Waals surface area (Å²) in [7, 11) is -3.55. The van der Waals surface area contributed by atoms with Crippen LogP contribution in [-0.2, 0) is 14.8 Å². The number of nitrogens with zero attached hydrogens (tertiary/aromatic N) is 2. The van der Waals surface area contributed by atoms with E-state index in [-0.39, 0.29) is 16.8 Å². The number of piperazine rings is 1. The molecule has 0 aromatic heterocycles. The van der Waals surface area contributed by atoms with Crippen molar-refractivity contribution < 1.29 is 13.2 Å². The van der Waals surface area contributed by atoms with Crippen molar-refractivity contribution in [2.75, 3.05) is 25.4 Å². The molecule has 3 rings (SSSR count). The summed E-state index contributed by atoms with van der Waals surface area (Å²) >= 11 is 3.25. The maximum absolute atomic E-state index is 12.7. The van der Waals surface area contributed by atoms with Gasteiger partial charge < -0.3 is 10.6 Å². The number of anilines is 1. The molecule has 1 aromatic carbocycles. The molecule has 8 heteroatoms. The van der Waals surface area contributed by atoms with Crippen LogP contribution in [-0.4, -0.2) is 49.2 Å². The Labute approximate surface area is 132 Å². The number of sulfonamides is 1. The lowest BCUT2D eigenvalue weighted by Gasteiger charge is -2.36. The van der Waals surface area contributed by atoms with E-state index in [0.717, 1.165) is 6.42 Å². The summed E-state index contributed by atoms with van der Waals surface area (Å²) in [5.74, 6) is 0.132. The molecule has 2 aliphatic heterocycles. The molecule has 2 saturated heterocycles. The number of rotatable bonds is 2. The lowest BCUT2D eigenvalue weighted by molar-refractivity contribution is -0.130. The maximum atomic E-state index is 12.7. The smallest absolute Gasteiger partial charge is 0.243 e. The first-order valence-electron chi connectivity index (χ1n) is 6.74. The molecule has 114 valence electrons. The maximum Gasteiger partial charge on any atom is 0.243 e. The molecule has 0 spiro atoms. The second-order valence-corrected chi connectivity index (χ2v) is 8.12. The van der Waals surface area contributed by atoms with Crippen molar-refractivity contribution in [1.29, 1.82) is 0 Å². The molecule has 0 radical (unpaired) electrons. The highest BCUT2D eigenvalue weighted by atomic mass is 79.9. The highest BCUT2D eigenvalue weighted by molar-refractivity contribution is 9.10. The van der Waals surface area contributed by atoms with Crippen molar-refractivity contribution in [3.05, 3.63) is 22.7 Å². The minimum atomic E-state index is -3.55. The Balaban J connectivity index is 1.85. The van der Waals surface area contributed by atoms with Gasteiger partial charge in [-0.15, -0.1) is 0 Å². The van der Waals surface area contributed by atoms with E-state index in [1.54, 1.807) is 11.0 Å². The topological polar surface area (TPSA) is 83.7 Å². The highest BCUT2D eigenvalue weighted by Crippen LogP contribution is 2.29. The van der Waals surface area contributed by atoms with Crippen molar-refractivity contribution in [3.8, 4) is 0 Å². The molecule has 2 heterocycles. The molecule has 2 fully saturated rings. The van der Waals surface area contributed by atoms with Gasteiger partial charge in [0.15, 0.2) is 0 Å². The molecule has 0 saturated carbocycles. The zero-order chi connectivity index (χ0) is 15.2. The summed E-state index contributed by atoms with van der Waals surface area (Å²) in [5.41, 5.74) is 6.20. The largest absolute Gasteiger partial charge is 0.398 e. The van der Waals surface area contributed by atoms with Gasteiger partial charge in [0.25, 0.3) is 0 Å². The molecule has 21 heavy (non-hydrogen) atoms. The molecular weight excluding hydrogens is 358 g/mol. The van der Waals surface area contributed by atoms with Gasteiger partial charge in [0.1, 0.15) is 0 Å². The second kappa shape index (κ2) is 5.26. The molecule has 6 nitrogen and oxygen atoms in total. The lowest BCUT2D eigenvalue weighted by atomic mass is 10.2. The summed E-state index contributed by atoms with van der Waals surface area (Å²) in [6.07, 6.45) is 1.25. The number of nitrogen functional groups attached to an aromatic ring is 1. The Morgan fingerprint density at radius 3 is 2.76 bits per heavy atom. The van der Waals surface area contributed by atoms with Crippen LogP contribution in [0.25, 0.3) is 0 Å². The summed E-state index contributed by atoms with van der Waals surface area (Å²) in [6.45, 7) is 1.18. The quantitative estimate of drug-likeness (QED) is 0.784. The van der Waals surface area contributed by atoms with E-state index in [2.05, 4.69) is 15.9 Å². The monoisotopic (exact) mass is 373 g/mol. The van der Waals surface area contributed by atoms with E-state index < -0.39 is 10.0 Å². The van der Waals surface area contributed by atoms with E-state index in [1.807, 2.05) is 0 Å². The summed E-state index contributed by atoms with van der Waals surface area (Å²) in [6, 6.07) is 4.63. The van der Waals surface area contributed by atoms with Gasteiger partial charge in [-0.2, -0.15) is 4.31 Å². The van der Waals surface area contributed by atoms with Crippen LogP contribution in [0.1, 0.15) is 12.8 Å². The van der Waals surface area contributed by atoms with Gasteiger partial charge in [0, 0.05) is 42.3 Å². The Kier molecular flexibility index (Phi) is 3.71. The van der Waals surface area contributed by atoms with Crippen LogP contribution in [0.5, 0.6) is 0 Å². The van der Waals surface area contributed by atoms with Gasteiger partial charge in [-0.1, -0.05) is 0 Å². The van der Waals surface area contributed by atoms with Crippen LogP contribution in [0.3, 0.4) is 0 Å². The molecule has 1 unspecified atom stereocenters. The molecule has 1 atom stereocenters. The van der Waals surface area contributed by atoms with Crippen molar-refractivity contribution in [3.63, 3.8) is 0 Å². The van der Waals surface area contributed by atoms with E-state index in [1.165, 1.54) is 16.4 Å². The van der Waals surface area contributed by atoms with Crippen LogP contribution in [0.4, 0.5) is 5.69 Å². The van der Waals surface area contributed by atoms with Gasteiger partial charge in [-0.05, 0) is 40.5 Å². The zero-order valence-electron chi connectivity index (χ0n) is 11.3. The third-order valence-electron chi connectivity index (χ3n) is 4.07. The number of hydrogen-bond acceptors (Lipinski definition) is 4. The number of hydrogen-bond donors (Lipinski definition) is 1. The average Bonchev–Trinajstić information content (AvgIpc) is 2.83. The number of amides is 1. The number of halogens is 1. The molecule has 0 aliphatic carbocycles. The van der Waals surface area contributed by atoms with Crippen LogP contribution >= 0.6 is 15.9 Å². The van der Waals surface area contributed by atoms with Crippen LogP contribution in [0.15, 0.2) is 27.6 Å². The predicted octanol–water partition coefficient (Wildman–Crippen LogP) is 1.03. The first kappa shape index (κ1) is 14.8. The molecular formula is C13H16BrN3O3S. The SMILES string of the molecule is Nc1ccc(S(=O)(=O)N2CCN3C(=O)CCC3C2)cc1Br. The van der Waals surface area contributed by atoms with Gasteiger partial charge >= 0.3 is 0 Å². The minimum absolute atomic E-state index is 0.0123. The fourth-order valence-electron chi connectivity index (χ4n) is 2.87. The van der Waals surface area contributed by atoms with Crippen molar-refractivity contribution >= 4 is 37.5 Å². The van der Waals surface area contributed by atoms with Crippen molar-refractivity contribution in [2.45, 2.75) is 23.8 Å². The van der Waals surface area contributed by atoms with E-state index in [4.69, 9.17) is 5.73 Å². The molecule has 1 amide bonds. The first-order chi connectivity index (χ1) is 9.89. The summed E-state index contributed by atoms with van der Waals surface area (Å²) < 4.78 is 27.4. The summed E-state index contributed by atoms with van der Waals surface area (Å²) in [5, 5.41) is 0. The Hall–Kier alpha value is -1.12. The number of carbonyl (C=O) groups excluding carboxylic acids is 1. The molecule has 0 bridgehead atoms. The van der Waals surface area contributed by atoms with Gasteiger partial charge in [0.05, 0.1) is 4.90 Å². The number of nitrogens with two attached hydrogens (primary N) is 1. The fraction of sp³-hybridized carbons (Fsp3) is 0.462. The van der Waals surface area contributed by atoms with Gasteiger partial charge in [-0.3, -0.25) is 4.79 Å². The van der Waals surface area contributed by atoms with E-state index in [0.29, 0.717) is 36.2 Å². The Bertz CT molecular complexity index is 692. The Morgan fingerprint density at radius 2 is 2.05 bits per heavy atom. The highest BCUT2D eigenvalue weighted by Gasteiger charge is 2.39. The fourth-order valence-corrected chi connectivity index (χ4v) is 4.90. The third-order valence-corrected chi connectivity index (χ3v) is 6.61. The normalized spacial score (nSPS) is 23.4. The number of fused-ring (bicyclic) bond motifs is 1. The van der Waals surface area contributed by atoms with E-state index >= 15 is 0 Å². The van der Waals surface area contributed by atoms with Crippen molar-refractivity contribution in [2.24, 2.45) is 0 Å². The number of benzene rings is 1. The number of carbonyl (C=O) groups is 1. The van der Waals surface area contributed by atoms with E-state index in [9.17, 15) is 13.2 Å². The predicted molar refractivity (Wildman–Crippen MR) is 82.0 cm³/mol. The third kappa shape index (κ3) is 2.56. The van der Waals surface area contributed by atoms with Crippen LogP contribution in [0, 0.1) is 0 Å². The first-order valence-corrected chi connectivity index (χ1v) is 8.97. The molecule has 2 aliphatic rings. The summed E-state index contributed by atoms with van der Waals surface area (Å²) in [4.78, 5) is 13.7. The zero-order valence-corrected chi connectivity index (χ0v) is 13.7. The van der Waals surface area contributed by atoms with Gasteiger partial charge in [0.2, 0.25) is 15.9 Å². The van der Waals surface area contributed by atoms with Gasteiger partial charge in [-0.25, -0.2) is 8.42 Å². The van der Waals surface area contributed by atoms with Crippen molar-refractivity contribution in [1.82, 2.24) is 9.21 Å².